The molecule has 180 valence electrons. The second kappa shape index (κ2) is 8.99. The maximum Gasteiger partial charge on any atom is 0.573 e. The van der Waals surface area contributed by atoms with Crippen molar-refractivity contribution in [3.05, 3.63) is 66.0 Å². The Kier molecular flexibility index (Phi) is 5.85. The van der Waals surface area contributed by atoms with Crippen molar-refractivity contribution in [2.75, 3.05) is 7.11 Å². The first kappa shape index (κ1) is 22.8. The van der Waals surface area contributed by atoms with Crippen LogP contribution in [0.3, 0.4) is 0 Å². The highest BCUT2D eigenvalue weighted by Crippen LogP contribution is 2.39. The fourth-order valence-corrected chi connectivity index (χ4v) is 3.90. The zero-order valence-corrected chi connectivity index (χ0v) is 18.7. The van der Waals surface area contributed by atoms with Gasteiger partial charge < -0.3 is 14.2 Å². The first-order chi connectivity index (χ1) is 16.8. The van der Waals surface area contributed by atoms with E-state index in [-0.39, 0.29) is 24.4 Å². The van der Waals surface area contributed by atoms with Gasteiger partial charge in [0.05, 0.1) is 24.6 Å². The van der Waals surface area contributed by atoms with E-state index in [0.717, 1.165) is 11.3 Å². The Morgan fingerprint density at radius 1 is 1.00 bits per heavy atom. The third-order valence-corrected chi connectivity index (χ3v) is 5.55. The topological polar surface area (TPSA) is 83.1 Å². The molecular formula is C24H20F3N5O3. The van der Waals surface area contributed by atoms with E-state index in [2.05, 4.69) is 25.0 Å². The number of rotatable bonds is 6. The van der Waals surface area contributed by atoms with Gasteiger partial charge in [-0.05, 0) is 30.3 Å². The average molecular weight is 483 g/mol. The summed E-state index contributed by atoms with van der Waals surface area (Å²) in [6.45, 7) is 2.12. The van der Waals surface area contributed by atoms with Crippen molar-refractivity contribution in [1.82, 2.24) is 19.8 Å². The van der Waals surface area contributed by atoms with Crippen molar-refractivity contribution in [1.29, 1.82) is 0 Å². The summed E-state index contributed by atoms with van der Waals surface area (Å²) in [5.41, 5.74) is 3.08. The van der Waals surface area contributed by atoms with E-state index in [4.69, 9.17) is 9.47 Å². The van der Waals surface area contributed by atoms with Crippen LogP contribution in [0.15, 0.2) is 59.6 Å². The summed E-state index contributed by atoms with van der Waals surface area (Å²) in [6.07, 6.45) is -3.21. The number of fused-ring (bicyclic) bond motifs is 2. The molecule has 0 saturated carbocycles. The van der Waals surface area contributed by atoms with Gasteiger partial charge in [-0.15, -0.1) is 23.4 Å². The molecule has 0 amide bonds. The molecule has 0 bridgehead atoms. The lowest BCUT2D eigenvalue weighted by molar-refractivity contribution is -0.274. The fraction of sp³-hybridized carbons (Fsp3) is 0.250. The maximum absolute atomic E-state index is 12.6. The molecule has 0 radical (unpaired) electrons. The summed E-state index contributed by atoms with van der Waals surface area (Å²) >= 11 is 0. The zero-order chi connectivity index (χ0) is 24.6. The van der Waals surface area contributed by atoms with Crippen LogP contribution in [0.5, 0.6) is 11.5 Å². The zero-order valence-electron chi connectivity index (χ0n) is 18.7. The van der Waals surface area contributed by atoms with Crippen molar-refractivity contribution in [2.24, 2.45) is 10.9 Å². The molecular weight excluding hydrogens is 463 g/mol. The van der Waals surface area contributed by atoms with E-state index in [9.17, 15) is 13.2 Å². The molecule has 2 aromatic heterocycles. The highest BCUT2D eigenvalue weighted by atomic mass is 19.4. The number of methoxy groups -OCH3 is 1. The number of hydrogen-bond acceptors (Lipinski definition) is 7. The molecule has 2 aromatic carbocycles. The van der Waals surface area contributed by atoms with Gasteiger partial charge in [-0.25, -0.2) is 0 Å². The SMILES string of the molecule is COc1ccc2c(c1)N=CC(C)C2OCc1nnc2ccc(-c3cccc(OC(F)(F)F)c3)nn12. The molecule has 2 unspecified atom stereocenters. The minimum absolute atomic E-state index is 0.0231. The highest BCUT2D eigenvalue weighted by Gasteiger charge is 2.31. The predicted molar refractivity (Wildman–Crippen MR) is 121 cm³/mol. The number of aliphatic imine (C=N–C) groups is 1. The number of benzene rings is 2. The number of alkyl halides is 3. The largest absolute Gasteiger partial charge is 0.573 e. The van der Waals surface area contributed by atoms with Gasteiger partial charge in [0.1, 0.15) is 18.1 Å². The number of halogens is 3. The fourth-order valence-electron chi connectivity index (χ4n) is 3.90. The summed E-state index contributed by atoms with van der Waals surface area (Å²) in [4.78, 5) is 4.49. The Bertz CT molecular complexity index is 1400. The number of ether oxygens (including phenoxy) is 3. The van der Waals surface area contributed by atoms with E-state index < -0.39 is 6.36 Å². The molecule has 5 rings (SSSR count). The highest BCUT2D eigenvalue weighted by molar-refractivity contribution is 5.72. The quantitative estimate of drug-likeness (QED) is 0.370. The lowest BCUT2D eigenvalue weighted by Gasteiger charge is -2.26. The van der Waals surface area contributed by atoms with E-state index in [1.54, 1.807) is 25.3 Å². The molecule has 1 aliphatic rings. The van der Waals surface area contributed by atoms with Crippen LogP contribution in [0.25, 0.3) is 16.9 Å². The third kappa shape index (κ3) is 4.80. The Balaban J connectivity index is 1.40. The molecule has 35 heavy (non-hydrogen) atoms. The molecule has 0 spiro atoms. The van der Waals surface area contributed by atoms with Crippen molar-refractivity contribution in [3.63, 3.8) is 0 Å². The van der Waals surface area contributed by atoms with Crippen molar-refractivity contribution >= 4 is 17.5 Å². The molecule has 0 fully saturated rings. The molecule has 0 N–H and O–H groups in total. The molecule has 1 aliphatic heterocycles. The Morgan fingerprint density at radius 3 is 2.66 bits per heavy atom. The minimum atomic E-state index is -4.78. The first-order valence-electron chi connectivity index (χ1n) is 10.7. The van der Waals surface area contributed by atoms with Crippen LogP contribution in [0.1, 0.15) is 24.4 Å². The molecule has 3 heterocycles. The lowest BCUT2D eigenvalue weighted by atomic mass is 9.94. The first-order valence-corrected chi connectivity index (χ1v) is 10.7. The molecule has 8 nitrogen and oxygen atoms in total. The summed E-state index contributed by atoms with van der Waals surface area (Å²) < 4.78 is 54.9. The van der Waals surface area contributed by atoms with Gasteiger partial charge in [-0.2, -0.15) is 9.61 Å². The standard InChI is InChI=1S/C24H20F3N5O3/c1-14-12-28-20-11-16(33-2)6-7-18(20)23(14)34-13-22-30-29-21-9-8-19(31-32(21)22)15-4-3-5-17(10-15)35-24(25,26)27/h3-12,14,23H,13H2,1-2H3. The van der Waals surface area contributed by atoms with E-state index in [0.29, 0.717) is 28.5 Å². The van der Waals surface area contributed by atoms with Crippen LogP contribution in [0.2, 0.25) is 0 Å². The van der Waals surface area contributed by atoms with Gasteiger partial charge in [0.15, 0.2) is 11.5 Å². The van der Waals surface area contributed by atoms with Crippen LogP contribution in [-0.2, 0) is 11.3 Å². The smallest absolute Gasteiger partial charge is 0.497 e. The molecule has 0 aliphatic carbocycles. The molecule has 2 atom stereocenters. The number of hydrogen-bond donors (Lipinski definition) is 0. The van der Waals surface area contributed by atoms with Gasteiger partial charge in [0.2, 0.25) is 0 Å². The summed E-state index contributed by atoms with van der Waals surface area (Å²) in [5.74, 6) is 0.857. The average Bonchev–Trinajstić information content (AvgIpc) is 3.24. The monoisotopic (exact) mass is 483 g/mol. The van der Waals surface area contributed by atoms with Crippen LogP contribution in [0.4, 0.5) is 18.9 Å². The minimum Gasteiger partial charge on any atom is -0.497 e. The van der Waals surface area contributed by atoms with Gasteiger partial charge in [0, 0.05) is 29.3 Å². The Labute approximate surface area is 198 Å². The molecule has 4 aromatic rings. The van der Waals surface area contributed by atoms with Crippen LogP contribution < -0.4 is 9.47 Å². The Hall–Kier alpha value is -3.99. The Morgan fingerprint density at radius 2 is 1.86 bits per heavy atom. The maximum atomic E-state index is 12.6. The molecule has 0 saturated heterocycles. The number of nitrogens with zero attached hydrogens (tertiary/aromatic N) is 5. The summed E-state index contributed by atoms with van der Waals surface area (Å²) in [7, 11) is 1.60. The summed E-state index contributed by atoms with van der Waals surface area (Å²) in [6, 6.07) is 14.6. The van der Waals surface area contributed by atoms with E-state index in [1.165, 1.54) is 22.7 Å². The second-order valence-electron chi connectivity index (χ2n) is 7.97. The van der Waals surface area contributed by atoms with Gasteiger partial charge in [-0.1, -0.05) is 25.1 Å². The third-order valence-electron chi connectivity index (χ3n) is 5.55. The summed E-state index contributed by atoms with van der Waals surface area (Å²) in [5, 5.41) is 12.8. The van der Waals surface area contributed by atoms with Crippen LogP contribution in [-0.4, -0.2) is 39.5 Å². The van der Waals surface area contributed by atoms with Crippen molar-refractivity contribution < 1.29 is 27.4 Å². The second-order valence-corrected chi connectivity index (χ2v) is 7.97. The van der Waals surface area contributed by atoms with Crippen molar-refractivity contribution in [3.8, 4) is 22.8 Å². The number of aromatic nitrogens is 4. The predicted octanol–water partition coefficient (Wildman–Crippen LogP) is 5.31. The van der Waals surface area contributed by atoms with Crippen LogP contribution >= 0.6 is 0 Å². The van der Waals surface area contributed by atoms with Crippen LogP contribution in [0, 0.1) is 5.92 Å². The normalized spacial score (nSPS) is 17.4. The van der Waals surface area contributed by atoms with E-state index in [1.807, 2.05) is 31.3 Å². The van der Waals surface area contributed by atoms with Crippen molar-refractivity contribution in [2.45, 2.75) is 26.0 Å². The van der Waals surface area contributed by atoms with Gasteiger partial charge in [-0.3, -0.25) is 4.99 Å². The van der Waals surface area contributed by atoms with Gasteiger partial charge in [0.25, 0.3) is 0 Å². The van der Waals surface area contributed by atoms with E-state index >= 15 is 0 Å². The lowest BCUT2D eigenvalue weighted by Crippen LogP contribution is -2.18. The molecule has 11 heteroatoms. The van der Waals surface area contributed by atoms with Gasteiger partial charge >= 0.3 is 6.36 Å².